The number of ether oxygens (including phenoxy) is 1. The van der Waals surface area contributed by atoms with E-state index in [9.17, 15) is 0 Å². The van der Waals surface area contributed by atoms with Crippen LogP contribution in [-0.2, 0) is 4.74 Å². The highest BCUT2D eigenvalue weighted by Gasteiger charge is 2.22. The maximum absolute atomic E-state index is 8.72. The van der Waals surface area contributed by atoms with Crippen LogP contribution in [0.1, 0.15) is 12.8 Å². The van der Waals surface area contributed by atoms with Gasteiger partial charge in [0.05, 0.1) is 23.8 Å². The molecule has 100 valence electrons. The molecule has 0 unspecified atom stereocenters. The smallest absolute Gasteiger partial charge is 0.222 e. The van der Waals surface area contributed by atoms with Crippen LogP contribution >= 0.6 is 15.9 Å². The predicted molar refractivity (Wildman–Crippen MR) is 72.4 cm³/mol. The summed E-state index contributed by atoms with van der Waals surface area (Å²) < 4.78 is 6.38. The summed E-state index contributed by atoms with van der Waals surface area (Å²) in [7, 11) is 0. The van der Waals surface area contributed by atoms with Crippen molar-refractivity contribution >= 4 is 27.7 Å². The number of aliphatic hydroxyl groups is 1. The molecular weight excluding hydrogens is 300 g/mol. The van der Waals surface area contributed by atoms with E-state index >= 15 is 0 Å². The first-order valence-corrected chi connectivity index (χ1v) is 6.75. The molecule has 0 atom stereocenters. The fourth-order valence-electron chi connectivity index (χ4n) is 2.05. The lowest BCUT2D eigenvalue weighted by Crippen LogP contribution is -2.38. The highest BCUT2D eigenvalue weighted by atomic mass is 79.9. The maximum Gasteiger partial charge on any atom is 0.222 e. The molecular formula is C11H17BrN4O2. The Morgan fingerprint density at radius 3 is 2.89 bits per heavy atom. The molecule has 1 fully saturated rings. The summed E-state index contributed by atoms with van der Waals surface area (Å²) in [5, 5.41) is 8.72. The second-order valence-electron chi connectivity index (χ2n) is 4.18. The van der Waals surface area contributed by atoms with Gasteiger partial charge in [0, 0.05) is 19.3 Å². The lowest BCUT2D eigenvalue weighted by atomic mass is 10.1. The van der Waals surface area contributed by atoms with Crippen molar-refractivity contribution < 1.29 is 9.84 Å². The van der Waals surface area contributed by atoms with Crippen molar-refractivity contribution in [3.05, 3.63) is 10.7 Å². The van der Waals surface area contributed by atoms with Gasteiger partial charge in [0.2, 0.25) is 5.95 Å². The topological polar surface area (TPSA) is 84.5 Å². The van der Waals surface area contributed by atoms with E-state index in [0.29, 0.717) is 6.61 Å². The van der Waals surface area contributed by atoms with E-state index in [1.54, 1.807) is 6.20 Å². The Morgan fingerprint density at radius 2 is 2.22 bits per heavy atom. The molecule has 2 heterocycles. The van der Waals surface area contributed by atoms with Crippen molar-refractivity contribution in [3.8, 4) is 0 Å². The largest absolute Gasteiger partial charge is 0.394 e. The van der Waals surface area contributed by atoms with E-state index in [-0.39, 0.29) is 18.7 Å². The van der Waals surface area contributed by atoms with E-state index in [0.717, 1.165) is 36.2 Å². The molecule has 0 aromatic carbocycles. The number of hydrogen-bond donors (Lipinski definition) is 2. The number of hydrogen-bond acceptors (Lipinski definition) is 6. The third-order valence-corrected chi connectivity index (χ3v) is 3.49. The van der Waals surface area contributed by atoms with E-state index in [1.165, 1.54) is 0 Å². The van der Waals surface area contributed by atoms with Gasteiger partial charge in [0.25, 0.3) is 0 Å². The Hall–Kier alpha value is -0.920. The van der Waals surface area contributed by atoms with Gasteiger partial charge in [-0.1, -0.05) is 0 Å². The van der Waals surface area contributed by atoms with Crippen LogP contribution in [0.5, 0.6) is 0 Å². The van der Waals surface area contributed by atoms with Crippen molar-refractivity contribution in [2.45, 2.75) is 18.9 Å². The predicted octanol–water partition coefficient (Wildman–Crippen LogP) is 0.799. The number of halogens is 1. The van der Waals surface area contributed by atoms with Gasteiger partial charge < -0.3 is 20.5 Å². The number of aliphatic hydroxyl groups excluding tert-OH is 1. The summed E-state index contributed by atoms with van der Waals surface area (Å²) in [4.78, 5) is 10.3. The van der Waals surface area contributed by atoms with Gasteiger partial charge >= 0.3 is 0 Å². The number of piperidine rings is 1. The van der Waals surface area contributed by atoms with Gasteiger partial charge in [-0.05, 0) is 28.8 Å². The first-order valence-electron chi connectivity index (χ1n) is 5.96. The minimum atomic E-state index is 0.0776. The van der Waals surface area contributed by atoms with Crippen molar-refractivity contribution in [3.63, 3.8) is 0 Å². The van der Waals surface area contributed by atoms with Gasteiger partial charge in [-0.25, -0.2) is 4.98 Å². The summed E-state index contributed by atoms with van der Waals surface area (Å²) in [5.41, 5.74) is 5.60. The zero-order valence-electron chi connectivity index (χ0n) is 10.0. The minimum absolute atomic E-state index is 0.0776. The molecule has 1 aromatic rings. The zero-order valence-corrected chi connectivity index (χ0v) is 11.6. The third-order valence-electron chi connectivity index (χ3n) is 2.93. The second-order valence-corrected chi connectivity index (χ2v) is 5.03. The third kappa shape index (κ3) is 3.30. The van der Waals surface area contributed by atoms with E-state index in [2.05, 4.69) is 30.8 Å². The molecule has 0 aliphatic carbocycles. The molecule has 6 nitrogen and oxygen atoms in total. The second kappa shape index (κ2) is 6.31. The van der Waals surface area contributed by atoms with Crippen LogP contribution in [0, 0.1) is 0 Å². The number of nitrogen functional groups attached to an aromatic ring is 1. The van der Waals surface area contributed by atoms with E-state index < -0.39 is 0 Å². The SMILES string of the molecule is Nc1ncc(Br)c(N2CCC(OCCO)CC2)n1. The van der Waals surface area contributed by atoms with Crippen LogP contribution in [0.2, 0.25) is 0 Å². The summed E-state index contributed by atoms with van der Waals surface area (Å²) in [6.45, 7) is 2.22. The fraction of sp³-hybridized carbons (Fsp3) is 0.636. The molecule has 18 heavy (non-hydrogen) atoms. The highest BCUT2D eigenvalue weighted by Crippen LogP contribution is 2.27. The minimum Gasteiger partial charge on any atom is -0.394 e. The van der Waals surface area contributed by atoms with E-state index in [1.807, 2.05) is 0 Å². The number of anilines is 2. The van der Waals surface area contributed by atoms with Crippen LogP contribution < -0.4 is 10.6 Å². The van der Waals surface area contributed by atoms with Gasteiger partial charge in [-0.15, -0.1) is 0 Å². The number of nitrogens with zero attached hydrogens (tertiary/aromatic N) is 3. The van der Waals surface area contributed by atoms with Crippen LogP contribution in [0.4, 0.5) is 11.8 Å². The average molecular weight is 317 g/mol. The lowest BCUT2D eigenvalue weighted by molar-refractivity contribution is 0.0158. The van der Waals surface area contributed by atoms with Crippen LogP contribution in [0.15, 0.2) is 10.7 Å². The Bertz CT molecular complexity index is 397. The lowest BCUT2D eigenvalue weighted by Gasteiger charge is -2.33. The molecule has 1 aliphatic rings. The van der Waals surface area contributed by atoms with Gasteiger partial charge in [0.1, 0.15) is 5.82 Å². The van der Waals surface area contributed by atoms with Crippen LogP contribution in [0.25, 0.3) is 0 Å². The monoisotopic (exact) mass is 316 g/mol. The first kappa shape index (κ1) is 13.5. The maximum atomic E-state index is 8.72. The first-order chi connectivity index (χ1) is 8.70. The molecule has 1 aliphatic heterocycles. The summed E-state index contributed by atoms with van der Waals surface area (Å²) in [6, 6.07) is 0. The number of nitrogens with two attached hydrogens (primary N) is 1. The fourth-order valence-corrected chi connectivity index (χ4v) is 2.49. The summed E-state index contributed by atoms with van der Waals surface area (Å²) >= 11 is 3.44. The van der Waals surface area contributed by atoms with Crippen LogP contribution in [0.3, 0.4) is 0 Å². The zero-order chi connectivity index (χ0) is 13.0. The van der Waals surface area contributed by atoms with Gasteiger partial charge in [-0.2, -0.15) is 4.98 Å². The van der Waals surface area contributed by atoms with Crippen molar-refractivity contribution in [2.24, 2.45) is 0 Å². The van der Waals surface area contributed by atoms with Crippen molar-refractivity contribution in [1.82, 2.24) is 9.97 Å². The number of aromatic nitrogens is 2. The van der Waals surface area contributed by atoms with Crippen LogP contribution in [-0.4, -0.2) is 47.5 Å². The highest BCUT2D eigenvalue weighted by molar-refractivity contribution is 9.10. The molecule has 0 spiro atoms. The molecule has 0 saturated carbocycles. The van der Waals surface area contributed by atoms with Crippen molar-refractivity contribution in [1.29, 1.82) is 0 Å². The normalized spacial score (nSPS) is 17.1. The molecule has 1 saturated heterocycles. The molecule has 1 aromatic heterocycles. The van der Waals surface area contributed by atoms with E-state index in [4.69, 9.17) is 15.6 Å². The van der Waals surface area contributed by atoms with Gasteiger partial charge in [-0.3, -0.25) is 0 Å². The molecule has 0 bridgehead atoms. The summed E-state index contributed by atoms with van der Waals surface area (Å²) in [6.07, 6.45) is 3.75. The Morgan fingerprint density at radius 1 is 1.50 bits per heavy atom. The molecule has 7 heteroatoms. The number of rotatable bonds is 4. The van der Waals surface area contributed by atoms with Gasteiger partial charge in [0.15, 0.2) is 0 Å². The average Bonchev–Trinajstić information content (AvgIpc) is 2.40. The molecule has 3 N–H and O–H groups in total. The summed E-state index contributed by atoms with van der Waals surface area (Å²) in [5.74, 6) is 1.12. The quantitative estimate of drug-likeness (QED) is 0.854. The Balaban J connectivity index is 1.94. The molecule has 2 rings (SSSR count). The standard InChI is InChI=1S/C11H17BrN4O2/c12-9-7-14-11(13)15-10(9)16-3-1-8(2-4-16)18-6-5-17/h7-8,17H,1-6H2,(H2,13,14,15). The molecule has 0 amide bonds. The molecule has 0 radical (unpaired) electrons. The Kier molecular flexibility index (Phi) is 4.73. The van der Waals surface area contributed by atoms with Crippen molar-refractivity contribution in [2.75, 3.05) is 36.9 Å². The Labute approximate surface area is 114 Å².